The van der Waals surface area contributed by atoms with E-state index in [1.165, 1.54) is 24.0 Å². The first-order chi connectivity index (χ1) is 6.70. The molecule has 3 heteroatoms. The second-order valence-corrected chi connectivity index (χ2v) is 4.66. The van der Waals surface area contributed by atoms with Gasteiger partial charge in [-0.05, 0) is 41.1 Å². The first-order valence-corrected chi connectivity index (χ1v) is 6.13. The van der Waals surface area contributed by atoms with Crippen LogP contribution in [0.1, 0.15) is 43.9 Å². The number of nitrogens with two attached hydrogens (primary N) is 1. The molecule has 0 aliphatic heterocycles. The number of hydrazine groups is 1. The summed E-state index contributed by atoms with van der Waals surface area (Å²) in [5.41, 5.74) is 5.64. The minimum Gasteiger partial charge on any atom is -0.271 e. The summed E-state index contributed by atoms with van der Waals surface area (Å²) in [5.74, 6) is 6.21. The van der Waals surface area contributed by atoms with Crippen molar-refractivity contribution < 1.29 is 0 Å². The van der Waals surface area contributed by atoms with Gasteiger partial charge in [0, 0.05) is 6.04 Å². The highest BCUT2D eigenvalue weighted by atomic mass is 32.1. The van der Waals surface area contributed by atoms with E-state index in [1.807, 2.05) is 0 Å². The van der Waals surface area contributed by atoms with Crippen molar-refractivity contribution in [1.82, 2.24) is 5.43 Å². The van der Waals surface area contributed by atoms with Crippen molar-refractivity contribution in [3.8, 4) is 0 Å². The van der Waals surface area contributed by atoms with Gasteiger partial charge in [0.25, 0.3) is 0 Å². The minimum atomic E-state index is 0.307. The largest absolute Gasteiger partial charge is 0.271 e. The van der Waals surface area contributed by atoms with E-state index in [-0.39, 0.29) is 0 Å². The lowest BCUT2D eigenvalue weighted by atomic mass is 9.91. The molecule has 0 aromatic carbocycles. The maximum Gasteiger partial charge on any atom is 0.0496 e. The Balaban J connectivity index is 2.76. The molecule has 0 aliphatic carbocycles. The number of aryl methyl sites for hydroxylation is 1. The zero-order valence-electron chi connectivity index (χ0n) is 9.21. The SMILES string of the molecule is CCCC(C)C(NN)c1cscc1C. The molecule has 0 aliphatic rings. The van der Waals surface area contributed by atoms with Crippen molar-refractivity contribution in [2.75, 3.05) is 0 Å². The van der Waals surface area contributed by atoms with Gasteiger partial charge in [0.15, 0.2) is 0 Å². The molecule has 0 saturated heterocycles. The molecule has 0 bridgehead atoms. The monoisotopic (exact) mass is 212 g/mol. The summed E-state index contributed by atoms with van der Waals surface area (Å²) >= 11 is 1.75. The maximum atomic E-state index is 5.62. The number of hydrogen-bond acceptors (Lipinski definition) is 3. The number of rotatable bonds is 5. The summed E-state index contributed by atoms with van der Waals surface area (Å²) in [5, 5.41) is 4.38. The number of thiophene rings is 1. The van der Waals surface area contributed by atoms with Gasteiger partial charge < -0.3 is 0 Å². The first-order valence-electron chi connectivity index (χ1n) is 5.19. The zero-order chi connectivity index (χ0) is 10.6. The molecule has 1 heterocycles. The molecule has 2 atom stereocenters. The quantitative estimate of drug-likeness (QED) is 0.581. The Morgan fingerprint density at radius 3 is 2.64 bits per heavy atom. The molecule has 0 fully saturated rings. The van der Waals surface area contributed by atoms with E-state index >= 15 is 0 Å². The van der Waals surface area contributed by atoms with Crippen molar-refractivity contribution in [1.29, 1.82) is 0 Å². The molecule has 1 rings (SSSR count). The predicted molar refractivity (Wildman–Crippen MR) is 63.2 cm³/mol. The Bertz CT molecular complexity index is 270. The molecule has 1 aromatic rings. The third-order valence-corrected chi connectivity index (χ3v) is 3.60. The van der Waals surface area contributed by atoms with Gasteiger partial charge in [-0.2, -0.15) is 11.3 Å². The van der Waals surface area contributed by atoms with E-state index in [9.17, 15) is 0 Å². The van der Waals surface area contributed by atoms with Crippen molar-refractivity contribution in [2.24, 2.45) is 11.8 Å². The lowest BCUT2D eigenvalue weighted by molar-refractivity contribution is 0.368. The average molecular weight is 212 g/mol. The van der Waals surface area contributed by atoms with Crippen LogP contribution >= 0.6 is 11.3 Å². The van der Waals surface area contributed by atoms with Crippen LogP contribution in [-0.4, -0.2) is 0 Å². The van der Waals surface area contributed by atoms with E-state index in [4.69, 9.17) is 5.84 Å². The van der Waals surface area contributed by atoms with E-state index in [0.717, 1.165) is 0 Å². The predicted octanol–water partition coefficient (Wildman–Crippen LogP) is 3.00. The Morgan fingerprint density at radius 1 is 1.50 bits per heavy atom. The Labute approximate surface area is 90.5 Å². The molecule has 0 spiro atoms. The molecule has 14 heavy (non-hydrogen) atoms. The standard InChI is InChI=1S/C11H20N2S/c1-4-5-8(2)11(13-12)10-7-14-6-9(10)3/h6-8,11,13H,4-5,12H2,1-3H3. The van der Waals surface area contributed by atoms with Crippen LogP contribution in [0.2, 0.25) is 0 Å². The van der Waals surface area contributed by atoms with Crippen molar-refractivity contribution in [3.63, 3.8) is 0 Å². The number of nitrogens with one attached hydrogen (secondary N) is 1. The molecule has 0 radical (unpaired) electrons. The summed E-state index contributed by atoms with van der Waals surface area (Å²) in [4.78, 5) is 0. The third-order valence-electron chi connectivity index (χ3n) is 2.72. The van der Waals surface area contributed by atoms with Crippen molar-refractivity contribution >= 4 is 11.3 Å². The summed E-state index contributed by atoms with van der Waals surface area (Å²) in [7, 11) is 0. The van der Waals surface area contributed by atoms with Crippen molar-refractivity contribution in [2.45, 2.75) is 39.7 Å². The maximum absolute atomic E-state index is 5.62. The van der Waals surface area contributed by atoms with E-state index in [0.29, 0.717) is 12.0 Å². The fraction of sp³-hybridized carbons (Fsp3) is 0.636. The first kappa shape index (κ1) is 11.7. The summed E-state index contributed by atoms with van der Waals surface area (Å²) in [6, 6.07) is 0.307. The number of hydrogen-bond donors (Lipinski definition) is 2. The van der Waals surface area contributed by atoms with Crippen LogP contribution in [0.4, 0.5) is 0 Å². The minimum absolute atomic E-state index is 0.307. The van der Waals surface area contributed by atoms with Crippen LogP contribution in [0.5, 0.6) is 0 Å². The lowest BCUT2D eigenvalue weighted by Gasteiger charge is -2.23. The van der Waals surface area contributed by atoms with Crippen LogP contribution < -0.4 is 11.3 Å². The lowest BCUT2D eigenvalue weighted by Crippen LogP contribution is -2.32. The molecule has 80 valence electrons. The Kier molecular flexibility index (Phi) is 4.58. The second-order valence-electron chi connectivity index (χ2n) is 3.92. The molecule has 1 aromatic heterocycles. The van der Waals surface area contributed by atoms with Crippen LogP contribution in [0.15, 0.2) is 10.8 Å². The Morgan fingerprint density at radius 2 is 2.21 bits per heavy atom. The summed E-state index contributed by atoms with van der Waals surface area (Å²) in [6.45, 7) is 6.62. The fourth-order valence-corrected chi connectivity index (χ4v) is 2.76. The molecule has 0 amide bonds. The van der Waals surface area contributed by atoms with Gasteiger partial charge in [-0.3, -0.25) is 11.3 Å². The molecule has 0 saturated carbocycles. The fourth-order valence-electron chi connectivity index (χ4n) is 1.87. The highest BCUT2D eigenvalue weighted by Crippen LogP contribution is 2.29. The molecular formula is C11H20N2S. The average Bonchev–Trinajstić information content (AvgIpc) is 2.54. The van der Waals surface area contributed by atoms with Gasteiger partial charge in [0.05, 0.1) is 0 Å². The van der Waals surface area contributed by atoms with Crippen LogP contribution in [0.3, 0.4) is 0 Å². The topological polar surface area (TPSA) is 38.0 Å². The van der Waals surface area contributed by atoms with Gasteiger partial charge in [0.2, 0.25) is 0 Å². The molecule has 3 N–H and O–H groups in total. The van der Waals surface area contributed by atoms with Gasteiger partial charge in [-0.1, -0.05) is 20.3 Å². The van der Waals surface area contributed by atoms with E-state index in [1.54, 1.807) is 11.3 Å². The van der Waals surface area contributed by atoms with E-state index in [2.05, 4.69) is 37.0 Å². The highest BCUT2D eigenvalue weighted by molar-refractivity contribution is 7.08. The Hall–Kier alpha value is -0.380. The third kappa shape index (κ3) is 2.56. The smallest absolute Gasteiger partial charge is 0.0496 e. The highest BCUT2D eigenvalue weighted by Gasteiger charge is 2.19. The van der Waals surface area contributed by atoms with E-state index < -0.39 is 0 Å². The van der Waals surface area contributed by atoms with Gasteiger partial charge in [-0.25, -0.2) is 0 Å². The van der Waals surface area contributed by atoms with Crippen molar-refractivity contribution in [3.05, 3.63) is 21.9 Å². The second kappa shape index (κ2) is 5.49. The van der Waals surface area contributed by atoms with Gasteiger partial charge in [-0.15, -0.1) is 0 Å². The van der Waals surface area contributed by atoms with Crippen LogP contribution in [0, 0.1) is 12.8 Å². The molecule has 2 nitrogen and oxygen atoms in total. The van der Waals surface area contributed by atoms with Gasteiger partial charge in [0.1, 0.15) is 0 Å². The van der Waals surface area contributed by atoms with Crippen LogP contribution in [0.25, 0.3) is 0 Å². The molecule has 2 unspecified atom stereocenters. The normalized spacial score (nSPS) is 15.4. The van der Waals surface area contributed by atoms with Gasteiger partial charge >= 0.3 is 0 Å². The summed E-state index contributed by atoms with van der Waals surface area (Å²) in [6.07, 6.45) is 2.42. The van der Waals surface area contributed by atoms with Crippen LogP contribution in [-0.2, 0) is 0 Å². The summed E-state index contributed by atoms with van der Waals surface area (Å²) < 4.78 is 0. The molecular weight excluding hydrogens is 192 g/mol. The zero-order valence-corrected chi connectivity index (χ0v) is 10.0.